The van der Waals surface area contributed by atoms with E-state index in [1.165, 1.54) is 0 Å². The summed E-state index contributed by atoms with van der Waals surface area (Å²) in [5.74, 6) is 2.07. The van der Waals surface area contributed by atoms with Gasteiger partial charge in [0, 0.05) is 20.2 Å². The van der Waals surface area contributed by atoms with E-state index in [2.05, 4.69) is 10.1 Å². The van der Waals surface area contributed by atoms with E-state index in [0.717, 1.165) is 0 Å². The molecule has 7 nitrogen and oxygen atoms in total. The Bertz CT molecular complexity index is 737. The molecule has 1 aliphatic rings. The minimum Gasteiger partial charge on any atom is -0.486 e. The predicted octanol–water partition coefficient (Wildman–Crippen LogP) is 2.46. The van der Waals surface area contributed by atoms with E-state index in [1.54, 1.807) is 23.1 Å². The van der Waals surface area contributed by atoms with Crippen LogP contribution in [0.4, 0.5) is 5.95 Å². The molecule has 0 fully saturated rings. The van der Waals surface area contributed by atoms with Gasteiger partial charge in [-0.3, -0.25) is 4.79 Å². The Morgan fingerprint density at radius 2 is 2.13 bits per heavy atom. The van der Waals surface area contributed by atoms with Gasteiger partial charge in [0.1, 0.15) is 17.1 Å². The Balaban J connectivity index is 1.73. The SMILES string of the molecule is CN(C)c1noc(COc2ccc3c(c2)OC(C)(C)CC3=O)n1. The Hall–Kier alpha value is -2.57. The van der Waals surface area contributed by atoms with Gasteiger partial charge in [0.25, 0.3) is 11.8 Å². The van der Waals surface area contributed by atoms with Crippen LogP contribution < -0.4 is 14.4 Å². The monoisotopic (exact) mass is 317 g/mol. The normalized spacial score (nSPS) is 15.7. The molecule has 0 saturated heterocycles. The first-order chi connectivity index (χ1) is 10.8. The summed E-state index contributed by atoms with van der Waals surface area (Å²) in [5, 5.41) is 3.82. The number of Topliss-reactive ketones (excluding diaryl/α,β-unsaturated/α-hetero) is 1. The van der Waals surface area contributed by atoms with E-state index in [4.69, 9.17) is 14.0 Å². The standard InChI is InChI=1S/C16H19N3O4/c1-16(2)8-12(20)11-6-5-10(7-13(11)22-16)21-9-14-17-15(18-23-14)19(3)4/h5-7H,8-9H2,1-4H3. The highest BCUT2D eigenvalue weighted by molar-refractivity contribution is 6.00. The van der Waals surface area contributed by atoms with Crippen LogP contribution in [-0.4, -0.2) is 35.6 Å². The summed E-state index contributed by atoms with van der Waals surface area (Å²) >= 11 is 0. The van der Waals surface area contributed by atoms with Crippen LogP contribution in [0.3, 0.4) is 0 Å². The van der Waals surface area contributed by atoms with Crippen molar-refractivity contribution in [2.75, 3.05) is 19.0 Å². The molecule has 7 heteroatoms. The zero-order valence-electron chi connectivity index (χ0n) is 13.6. The predicted molar refractivity (Wildman–Crippen MR) is 83.1 cm³/mol. The molecule has 23 heavy (non-hydrogen) atoms. The number of hydrogen-bond acceptors (Lipinski definition) is 7. The van der Waals surface area contributed by atoms with Crippen molar-refractivity contribution in [3.05, 3.63) is 29.7 Å². The topological polar surface area (TPSA) is 77.7 Å². The molecular weight excluding hydrogens is 298 g/mol. The minimum absolute atomic E-state index is 0.0790. The van der Waals surface area contributed by atoms with Crippen LogP contribution in [0.1, 0.15) is 36.5 Å². The molecule has 0 amide bonds. The zero-order chi connectivity index (χ0) is 16.6. The highest BCUT2D eigenvalue weighted by Crippen LogP contribution is 2.35. The first kappa shape index (κ1) is 15.3. The van der Waals surface area contributed by atoms with Gasteiger partial charge in [-0.25, -0.2) is 0 Å². The fourth-order valence-corrected chi connectivity index (χ4v) is 2.35. The third-order valence-corrected chi connectivity index (χ3v) is 3.45. The molecule has 1 aromatic heterocycles. The van der Waals surface area contributed by atoms with Gasteiger partial charge in [-0.15, -0.1) is 0 Å². The molecule has 0 radical (unpaired) electrons. The van der Waals surface area contributed by atoms with Gasteiger partial charge in [-0.2, -0.15) is 4.98 Å². The second-order valence-electron chi connectivity index (χ2n) is 6.29. The van der Waals surface area contributed by atoms with Crippen molar-refractivity contribution in [1.29, 1.82) is 0 Å². The van der Waals surface area contributed by atoms with Crippen LogP contribution in [0, 0.1) is 0 Å². The van der Waals surface area contributed by atoms with Crippen molar-refractivity contribution < 1.29 is 18.8 Å². The Kier molecular flexibility index (Phi) is 3.71. The van der Waals surface area contributed by atoms with E-state index in [9.17, 15) is 4.79 Å². The number of benzene rings is 1. The van der Waals surface area contributed by atoms with Gasteiger partial charge in [0.05, 0.1) is 12.0 Å². The van der Waals surface area contributed by atoms with Gasteiger partial charge in [0.2, 0.25) is 0 Å². The number of rotatable bonds is 4. The van der Waals surface area contributed by atoms with E-state index in [0.29, 0.717) is 35.3 Å². The first-order valence-corrected chi connectivity index (χ1v) is 7.33. The van der Waals surface area contributed by atoms with Crippen molar-refractivity contribution in [2.24, 2.45) is 0 Å². The smallest absolute Gasteiger partial charge is 0.266 e. The van der Waals surface area contributed by atoms with Crippen LogP contribution in [0.25, 0.3) is 0 Å². The number of anilines is 1. The van der Waals surface area contributed by atoms with Gasteiger partial charge >= 0.3 is 0 Å². The summed E-state index contributed by atoms with van der Waals surface area (Å²) < 4.78 is 16.6. The number of nitrogens with zero attached hydrogens (tertiary/aromatic N) is 3. The second kappa shape index (κ2) is 5.57. The lowest BCUT2D eigenvalue weighted by atomic mass is 9.93. The van der Waals surface area contributed by atoms with Crippen molar-refractivity contribution in [3.63, 3.8) is 0 Å². The fourth-order valence-electron chi connectivity index (χ4n) is 2.35. The number of carbonyl (C=O) groups excluding carboxylic acids is 1. The lowest BCUT2D eigenvalue weighted by Crippen LogP contribution is -2.35. The summed E-state index contributed by atoms with van der Waals surface area (Å²) in [6.07, 6.45) is 0.371. The van der Waals surface area contributed by atoms with Crippen molar-refractivity contribution in [3.8, 4) is 11.5 Å². The average Bonchev–Trinajstić information content (AvgIpc) is 2.92. The third-order valence-electron chi connectivity index (χ3n) is 3.45. The van der Waals surface area contributed by atoms with Gasteiger partial charge in [-0.1, -0.05) is 0 Å². The molecule has 0 unspecified atom stereocenters. The molecule has 2 heterocycles. The quantitative estimate of drug-likeness (QED) is 0.857. The van der Waals surface area contributed by atoms with Crippen LogP contribution >= 0.6 is 0 Å². The molecule has 0 spiro atoms. The third kappa shape index (κ3) is 3.28. The van der Waals surface area contributed by atoms with Crippen LogP contribution in [0.5, 0.6) is 11.5 Å². The molecule has 0 aliphatic carbocycles. The number of fused-ring (bicyclic) bond motifs is 1. The first-order valence-electron chi connectivity index (χ1n) is 7.33. The van der Waals surface area contributed by atoms with Gasteiger partial charge < -0.3 is 18.9 Å². The van der Waals surface area contributed by atoms with Crippen molar-refractivity contribution in [1.82, 2.24) is 10.1 Å². The van der Waals surface area contributed by atoms with E-state index in [1.807, 2.05) is 27.9 Å². The van der Waals surface area contributed by atoms with E-state index < -0.39 is 5.60 Å². The van der Waals surface area contributed by atoms with Gasteiger partial charge in [0.15, 0.2) is 12.4 Å². The maximum atomic E-state index is 12.1. The van der Waals surface area contributed by atoms with Crippen LogP contribution in [0.15, 0.2) is 22.7 Å². The molecule has 1 aliphatic heterocycles. The van der Waals surface area contributed by atoms with E-state index in [-0.39, 0.29) is 12.4 Å². The lowest BCUT2D eigenvalue weighted by molar-refractivity contribution is 0.0618. The molecule has 0 bridgehead atoms. The summed E-state index contributed by atoms with van der Waals surface area (Å²) in [7, 11) is 3.66. The number of ketones is 1. The molecule has 0 N–H and O–H groups in total. The Morgan fingerprint density at radius 3 is 2.83 bits per heavy atom. The van der Waals surface area contributed by atoms with E-state index >= 15 is 0 Å². The fraction of sp³-hybridized carbons (Fsp3) is 0.438. The molecule has 0 atom stereocenters. The molecule has 2 aromatic rings. The average molecular weight is 317 g/mol. The van der Waals surface area contributed by atoms with Gasteiger partial charge in [-0.05, 0) is 31.1 Å². The summed E-state index contributed by atoms with van der Waals surface area (Å²) in [4.78, 5) is 18.0. The summed E-state index contributed by atoms with van der Waals surface area (Å²) in [6.45, 7) is 3.93. The van der Waals surface area contributed by atoms with Crippen molar-refractivity contribution in [2.45, 2.75) is 32.5 Å². The molecular formula is C16H19N3O4. The van der Waals surface area contributed by atoms with Crippen LogP contribution in [0.2, 0.25) is 0 Å². The number of hydrogen-bond donors (Lipinski definition) is 0. The summed E-state index contributed by atoms with van der Waals surface area (Å²) in [5.41, 5.74) is 0.0832. The zero-order valence-corrected chi connectivity index (χ0v) is 13.6. The molecule has 3 rings (SSSR count). The minimum atomic E-state index is -0.504. The van der Waals surface area contributed by atoms with Crippen molar-refractivity contribution >= 4 is 11.7 Å². The maximum Gasteiger partial charge on any atom is 0.266 e. The molecule has 122 valence electrons. The number of ether oxygens (including phenoxy) is 2. The maximum absolute atomic E-state index is 12.1. The molecule has 1 aromatic carbocycles. The Labute approximate surface area is 134 Å². The van der Waals surface area contributed by atoms with Crippen LogP contribution in [-0.2, 0) is 6.61 Å². The molecule has 0 saturated carbocycles. The lowest BCUT2D eigenvalue weighted by Gasteiger charge is -2.31. The number of aromatic nitrogens is 2. The summed E-state index contributed by atoms with van der Waals surface area (Å²) in [6, 6.07) is 5.18. The highest BCUT2D eigenvalue weighted by atomic mass is 16.5. The largest absolute Gasteiger partial charge is 0.486 e. The highest BCUT2D eigenvalue weighted by Gasteiger charge is 2.32. The second-order valence-corrected chi connectivity index (χ2v) is 6.29. The number of carbonyl (C=O) groups is 1. The Morgan fingerprint density at radius 1 is 1.35 bits per heavy atom.